The van der Waals surface area contributed by atoms with Crippen LogP contribution in [0.2, 0.25) is 0 Å². The Morgan fingerprint density at radius 3 is 2.62 bits per heavy atom. The van der Waals surface area contributed by atoms with Crippen molar-refractivity contribution in [3.05, 3.63) is 48.3 Å². The Morgan fingerprint density at radius 1 is 1.24 bits per heavy atom. The van der Waals surface area contributed by atoms with Gasteiger partial charge in [-0.2, -0.15) is 5.10 Å². The van der Waals surface area contributed by atoms with E-state index >= 15 is 0 Å². The van der Waals surface area contributed by atoms with Gasteiger partial charge in [0.2, 0.25) is 0 Å². The van der Waals surface area contributed by atoms with E-state index < -0.39 is 5.97 Å². The average Bonchev–Trinajstić information content (AvgIpc) is 3.17. The molecule has 1 fully saturated rings. The van der Waals surface area contributed by atoms with Crippen LogP contribution in [0.5, 0.6) is 0 Å². The minimum absolute atomic E-state index is 0.299. The minimum Gasteiger partial charge on any atom is -0.481 e. The monoisotopic (exact) mass is 284 g/mol. The molecule has 1 unspecified atom stereocenters. The molecule has 1 saturated carbocycles. The fourth-order valence-electron chi connectivity index (χ4n) is 3.24. The van der Waals surface area contributed by atoms with Crippen molar-refractivity contribution in [2.45, 2.75) is 32.1 Å². The largest absolute Gasteiger partial charge is 0.481 e. The summed E-state index contributed by atoms with van der Waals surface area (Å²) in [6.45, 7) is 0. The Hall–Kier alpha value is -2.10. The van der Waals surface area contributed by atoms with Crippen molar-refractivity contribution in [2.24, 2.45) is 11.8 Å². The summed E-state index contributed by atoms with van der Waals surface area (Å²) in [5.74, 6) is -0.674. The molecule has 0 radical (unpaired) electrons. The number of aliphatic carboxylic acids is 1. The minimum atomic E-state index is -0.684. The lowest BCUT2D eigenvalue weighted by atomic mass is 9.87. The predicted octanol–water partition coefficient (Wildman–Crippen LogP) is 3.31. The summed E-state index contributed by atoms with van der Waals surface area (Å²) < 4.78 is 1.81. The molecule has 110 valence electrons. The van der Waals surface area contributed by atoms with E-state index in [9.17, 15) is 9.90 Å². The van der Waals surface area contributed by atoms with Gasteiger partial charge in [0, 0.05) is 12.6 Å². The first-order chi connectivity index (χ1) is 10.2. The number of hydrogen-bond acceptors (Lipinski definition) is 2. The van der Waals surface area contributed by atoms with Crippen molar-refractivity contribution in [1.82, 2.24) is 9.78 Å². The molecular formula is C17H20N2O2. The molecule has 1 heterocycles. The zero-order valence-electron chi connectivity index (χ0n) is 12.0. The van der Waals surface area contributed by atoms with Gasteiger partial charge in [-0.3, -0.25) is 4.79 Å². The molecule has 2 aromatic rings. The number of rotatable bonds is 5. The molecule has 0 saturated heterocycles. The van der Waals surface area contributed by atoms with E-state index in [2.05, 4.69) is 5.10 Å². The van der Waals surface area contributed by atoms with Crippen LogP contribution in [0.3, 0.4) is 0 Å². The van der Waals surface area contributed by atoms with Crippen molar-refractivity contribution < 1.29 is 9.90 Å². The van der Waals surface area contributed by atoms with Crippen molar-refractivity contribution in [2.75, 3.05) is 0 Å². The molecule has 3 rings (SSSR count). The van der Waals surface area contributed by atoms with Gasteiger partial charge < -0.3 is 5.11 Å². The van der Waals surface area contributed by atoms with Crippen molar-refractivity contribution in [3.63, 3.8) is 0 Å². The van der Waals surface area contributed by atoms with Gasteiger partial charge in [0.25, 0.3) is 0 Å². The number of aromatic nitrogens is 2. The lowest BCUT2D eigenvalue weighted by Crippen LogP contribution is -2.24. The number of carbonyl (C=O) groups is 1. The maximum atomic E-state index is 11.5. The van der Waals surface area contributed by atoms with E-state index in [4.69, 9.17) is 0 Å². The molecule has 4 nitrogen and oxygen atoms in total. The Morgan fingerprint density at radius 2 is 1.95 bits per heavy atom. The van der Waals surface area contributed by atoms with Gasteiger partial charge in [-0.15, -0.1) is 0 Å². The van der Waals surface area contributed by atoms with Crippen molar-refractivity contribution in [1.29, 1.82) is 0 Å². The van der Waals surface area contributed by atoms with Crippen LogP contribution in [-0.4, -0.2) is 20.9 Å². The quantitative estimate of drug-likeness (QED) is 0.916. The maximum absolute atomic E-state index is 11.5. The zero-order valence-corrected chi connectivity index (χ0v) is 12.0. The molecule has 4 heteroatoms. The average molecular weight is 284 g/mol. The highest BCUT2D eigenvalue weighted by molar-refractivity contribution is 5.70. The lowest BCUT2D eigenvalue weighted by molar-refractivity contribution is -0.143. The van der Waals surface area contributed by atoms with E-state index in [0.717, 1.165) is 37.1 Å². The standard InChI is InChI=1S/C17H20N2O2/c20-17(21)16(13-6-4-5-7-13)12-14-10-11-19(18-14)15-8-2-1-3-9-15/h1-3,8-11,13,16H,4-7,12H2,(H,20,21). The third-order valence-corrected chi connectivity index (χ3v) is 4.38. The number of carboxylic acid groups (broad SMARTS) is 1. The summed E-state index contributed by atoms with van der Waals surface area (Å²) in [4.78, 5) is 11.5. The number of para-hydroxylation sites is 1. The molecule has 0 aliphatic heterocycles. The van der Waals surface area contributed by atoms with E-state index in [1.807, 2.05) is 47.3 Å². The first-order valence-electron chi connectivity index (χ1n) is 7.57. The third-order valence-electron chi connectivity index (χ3n) is 4.38. The fourth-order valence-corrected chi connectivity index (χ4v) is 3.24. The molecular weight excluding hydrogens is 264 g/mol. The van der Waals surface area contributed by atoms with Gasteiger partial charge in [-0.25, -0.2) is 4.68 Å². The lowest BCUT2D eigenvalue weighted by Gasteiger charge is -2.17. The SMILES string of the molecule is O=C(O)C(Cc1ccn(-c2ccccc2)n1)C1CCCC1. The molecule has 1 aliphatic carbocycles. The second-order valence-electron chi connectivity index (χ2n) is 5.78. The smallest absolute Gasteiger partial charge is 0.307 e. The second-order valence-corrected chi connectivity index (χ2v) is 5.78. The highest BCUT2D eigenvalue weighted by Crippen LogP contribution is 2.33. The van der Waals surface area contributed by atoms with Crippen LogP contribution in [0.25, 0.3) is 5.69 Å². The van der Waals surface area contributed by atoms with Gasteiger partial charge in [-0.1, -0.05) is 31.0 Å². The molecule has 1 aromatic heterocycles. The highest BCUT2D eigenvalue weighted by atomic mass is 16.4. The van der Waals surface area contributed by atoms with E-state index in [0.29, 0.717) is 12.3 Å². The van der Waals surface area contributed by atoms with Crippen LogP contribution in [-0.2, 0) is 11.2 Å². The molecule has 1 aliphatic rings. The predicted molar refractivity (Wildman–Crippen MR) is 80.4 cm³/mol. The summed E-state index contributed by atoms with van der Waals surface area (Å²) >= 11 is 0. The number of nitrogens with zero attached hydrogens (tertiary/aromatic N) is 2. The summed E-state index contributed by atoms with van der Waals surface area (Å²) in [5, 5.41) is 14.0. The Bertz CT molecular complexity index is 600. The van der Waals surface area contributed by atoms with E-state index in [1.54, 1.807) is 0 Å². The zero-order chi connectivity index (χ0) is 14.7. The number of carboxylic acids is 1. The van der Waals surface area contributed by atoms with Crippen LogP contribution in [0.15, 0.2) is 42.6 Å². The third kappa shape index (κ3) is 3.15. The highest BCUT2D eigenvalue weighted by Gasteiger charge is 2.31. The van der Waals surface area contributed by atoms with Crippen LogP contribution in [0.4, 0.5) is 0 Å². The van der Waals surface area contributed by atoms with Crippen molar-refractivity contribution >= 4 is 5.97 Å². The molecule has 21 heavy (non-hydrogen) atoms. The van der Waals surface area contributed by atoms with Gasteiger partial charge in [0.1, 0.15) is 0 Å². The fraction of sp³-hybridized carbons (Fsp3) is 0.412. The molecule has 1 atom stereocenters. The van der Waals surface area contributed by atoms with Crippen LogP contribution < -0.4 is 0 Å². The first kappa shape index (κ1) is 13.9. The Kier molecular flexibility index (Phi) is 4.04. The molecule has 0 amide bonds. The van der Waals surface area contributed by atoms with Crippen molar-refractivity contribution in [3.8, 4) is 5.69 Å². The summed E-state index contributed by atoms with van der Waals surface area (Å²) in [6.07, 6.45) is 6.82. The van der Waals surface area contributed by atoms with E-state index in [1.165, 1.54) is 0 Å². The molecule has 0 spiro atoms. The normalized spacial score (nSPS) is 17.0. The molecule has 0 bridgehead atoms. The first-order valence-corrected chi connectivity index (χ1v) is 7.57. The van der Waals surface area contributed by atoms with Gasteiger partial charge in [0.15, 0.2) is 0 Å². The maximum Gasteiger partial charge on any atom is 0.307 e. The van der Waals surface area contributed by atoms with Gasteiger partial charge >= 0.3 is 5.97 Å². The van der Waals surface area contributed by atoms with E-state index in [-0.39, 0.29) is 5.92 Å². The van der Waals surface area contributed by atoms with Gasteiger partial charge in [-0.05, 0) is 37.0 Å². The van der Waals surface area contributed by atoms with Crippen LogP contribution in [0, 0.1) is 11.8 Å². The summed E-state index contributed by atoms with van der Waals surface area (Å²) in [6, 6.07) is 11.8. The molecule has 1 N–H and O–H groups in total. The topological polar surface area (TPSA) is 55.1 Å². The number of benzene rings is 1. The second kappa shape index (κ2) is 6.12. The van der Waals surface area contributed by atoms with Crippen LogP contribution in [0.1, 0.15) is 31.4 Å². The number of hydrogen-bond donors (Lipinski definition) is 1. The molecule has 1 aromatic carbocycles. The Balaban J connectivity index is 1.75. The van der Waals surface area contributed by atoms with Crippen LogP contribution >= 0.6 is 0 Å². The summed E-state index contributed by atoms with van der Waals surface area (Å²) in [5.41, 5.74) is 1.86. The Labute approximate surface area is 124 Å². The van der Waals surface area contributed by atoms with Gasteiger partial charge in [0.05, 0.1) is 17.3 Å². The summed E-state index contributed by atoms with van der Waals surface area (Å²) in [7, 11) is 0.